The third-order valence-corrected chi connectivity index (χ3v) is 5.62. The topological polar surface area (TPSA) is 36.9 Å². The molecule has 0 unspecified atom stereocenters. The SMILES string of the molecule is CC(C)[NH2+]CCN1C(=O)[C@@H](C)S[C@H]1c1ccc(Cl)c(Cl)c1. The summed E-state index contributed by atoms with van der Waals surface area (Å²) in [6.07, 6.45) is 0. The van der Waals surface area contributed by atoms with Gasteiger partial charge in [-0.2, -0.15) is 0 Å². The summed E-state index contributed by atoms with van der Waals surface area (Å²) in [5.74, 6) is 0.202. The van der Waals surface area contributed by atoms with Crippen LogP contribution in [0, 0.1) is 0 Å². The quantitative estimate of drug-likeness (QED) is 0.888. The largest absolute Gasteiger partial charge is 0.343 e. The van der Waals surface area contributed by atoms with Crippen LogP contribution in [0.1, 0.15) is 31.7 Å². The van der Waals surface area contributed by atoms with Crippen molar-refractivity contribution in [2.75, 3.05) is 13.1 Å². The van der Waals surface area contributed by atoms with Gasteiger partial charge in [-0.25, -0.2) is 0 Å². The van der Waals surface area contributed by atoms with Crippen LogP contribution in [0.4, 0.5) is 0 Å². The van der Waals surface area contributed by atoms with E-state index in [0.717, 1.165) is 18.7 Å². The monoisotopic (exact) mass is 347 g/mol. The van der Waals surface area contributed by atoms with Crippen molar-refractivity contribution >= 4 is 40.9 Å². The van der Waals surface area contributed by atoms with E-state index in [0.29, 0.717) is 16.1 Å². The Labute approximate surface area is 140 Å². The zero-order valence-electron chi connectivity index (χ0n) is 12.5. The second-order valence-corrected chi connectivity index (χ2v) is 7.84. The van der Waals surface area contributed by atoms with E-state index >= 15 is 0 Å². The normalized spacial score (nSPS) is 22.4. The summed E-state index contributed by atoms with van der Waals surface area (Å²) >= 11 is 13.8. The molecule has 0 saturated carbocycles. The molecule has 116 valence electrons. The zero-order valence-corrected chi connectivity index (χ0v) is 14.8. The third kappa shape index (κ3) is 4.07. The first-order valence-electron chi connectivity index (χ1n) is 7.14. The highest BCUT2D eigenvalue weighted by molar-refractivity contribution is 8.01. The van der Waals surface area contributed by atoms with Crippen molar-refractivity contribution in [3.05, 3.63) is 33.8 Å². The van der Waals surface area contributed by atoms with Crippen LogP contribution in [0.5, 0.6) is 0 Å². The zero-order chi connectivity index (χ0) is 15.6. The van der Waals surface area contributed by atoms with Crippen molar-refractivity contribution in [2.24, 2.45) is 0 Å². The number of carbonyl (C=O) groups is 1. The number of nitrogens with two attached hydrogens (primary N) is 1. The van der Waals surface area contributed by atoms with Crippen LogP contribution in [0.2, 0.25) is 10.0 Å². The van der Waals surface area contributed by atoms with E-state index in [2.05, 4.69) is 19.2 Å². The van der Waals surface area contributed by atoms with Crippen LogP contribution in [0.25, 0.3) is 0 Å². The molecule has 21 heavy (non-hydrogen) atoms. The average Bonchev–Trinajstić information content (AvgIpc) is 2.70. The van der Waals surface area contributed by atoms with Gasteiger partial charge in [-0.15, -0.1) is 11.8 Å². The van der Waals surface area contributed by atoms with Gasteiger partial charge < -0.3 is 10.2 Å². The first kappa shape index (κ1) is 16.9. The summed E-state index contributed by atoms with van der Waals surface area (Å²) in [6, 6.07) is 6.16. The molecule has 1 fully saturated rings. The van der Waals surface area contributed by atoms with Gasteiger partial charge in [0, 0.05) is 0 Å². The minimum Gasteiger partial charge on any atom is -0.343 e. The molecule has 1 aromatic carbocycles. The Hall–Kier alpha value is -0.420. The van der Waals surface area contributed by atoms with Gasteiger partial charge >= 0.3 is 0 Å². The molecule has 2 rings (SSSR count). The lowest BCUT2D eigenvalue weighted by Crippen LogP contribution is -2.89. The summed E-state index contributed by atoms with van der Waals surface area (Å²) in [7, 11) is 0. The van der Waals surface area contributed by atoms with Crippen molar-refractivity contribution in [1.29, 1.82) is 0 Å². The van der Waals surface area contributed by atoms with Crippen molar-refractivity contribution in [1.82, 2.24) is 4.90 Å². The molecule has 1 aromatic rings. The fourth-order valence-corrected chi connectivity index (χ4v) is 3.98. The predicted octanol–water partition coefficient (Wildman–Crippen LogP) is 2.93. The lowest BCUT2D eigenvalue weighted by molar-refractivity contribution is -0.682. The average molecular weight is 348 g/mol. The minimum atomic E-state index is -0.0106. The van der Waals surface area contributed by atoms with Gasteiger partial charge in [0.2, 0.25) is 5.91 Å². The minimum absolute atomic E-state index is 0.0106. The molecule has 1 aliphatic heterocycles. The molecule has 6 heteroatoms. The number of halogens is 2. The van der Waals surface area contributed by atoms with Crippen molar-refractivity contribution in [2.45, 2.75) is 37.4 Å². The van der Waals surface area contributed by atoms with Crippen LogP contribution in [0.15, 0.2) is 18.2 Å². The molecular formula is C15H21Cl2N2OS+. The van der Waals surface area contributed by atoms with Gasteiger partial charge in [-0.1, -0.05) is 29.3 Å². The number of rotatable bonds is 5. The highest BCUT2D eigenvalue weighted by Crippen LogP contribution is 2.43. The number of hydrogen-bond acceptors (Lipinski definition) is 2. The molecule has 0 radical (unpaired) electrons. The maximum absolute atomic E-state index is 12.3. The summed E-state index contributed by atoms with van der Waals surface area (Å²) in [6.45, 7) is 7.93. The number of benzene rings is 1. The number of hydrogen-bond donors (Lipinski definition) is 1. The van der Waals surface area contributed by atoms with Crippen LogP contribution in [-0.2, 0) is 4.79 Å². The van der Waals surface area contributed by atoms with Crippen LogP contribution in [-0.4, -0.2) is 35.2 Å². The first-order chi connectivity index (χ1) is 9.90. The standard InChI is InChI=1S/C15H20Cl2N2OS/c1-9(2)18-6-7-19-14(20)10(3)21-15(19)11-4-5-12(16)13(17)8-11/h4-5,8-10,15,18H,6-7H2,1-3H3/p+1/t10-,15+/m1/s1. The molecule has 1 saturated heterocycles. The maximum Gasteiger partial charge on any atom is 0.236 e. The highest BCUT2D eigenvalue weighted by Gasteiger charge is 2.38. The second-order valence-electron chi connectivity index (χ2n) is 5.60. The summed E-state index contributed by atoms with van der Waals surface area (Å²) in [5.41, 5.74) is 1.04. The van der Waals surface area contributed by atoms with Crippen LogP contribution in [0.3, 0.4) is 0 Å². The van der Waals surface area contributed by atoms with E-state index in [1.165, 1.54) is 0 Å². The van der Waals surface area contributed by atoms with E-state index in [-0.39, 0.29) is 16.5 Å². The molecule has 2 N–H and O–H groups in total. The maximum atomic E-state index is 12.3. The Morgan fingerprint density at radius 2 is 2.05 bits per heavy atom. The fourth-order valence-electron chi connectivity index (χ4n) is 2.37. The number of amides is 1. The fraction of sp³-hybridized carbons (Fsp3) is 0.533. The van der Waals surface area contributed by atoms with Crippen LogP contribution >= 0.6 is 35.0 Å². The highest BCUT2D eigenvalue weighted by atomic mass is 35.5. The molecule has 1 heterocycles. The van der Waals surface area contributed by atoms with Crippen molar-refractivity contribution in [3.63, 3.8) is 0 Å². The molecular weight excluding hydrogens is 327 g/mol. The van der Waals surface area contributed by atoms with Gasteiger partial charge in [0.05, 0.1) is 34.4 Å². The van der Waals surface area contributed by atoms with Gasteiger partial charge in [0.25, 0.3) is 0 Å². The smallest absolute Gasteiger partial charge is 0.236 e. The molecule has 1 amide bonds. The van der Waals surface area contributed by atoms with Crippen LogP contribution < -0.4 is 5.32 Å². The lowest BCUT2D eigenvalue weighted by atomic mass is 10.2. The van der Waals surface area contributed by atoms with E-state index in [9.17, 15) is 4.79 Å². The molecule has 0 aliphatic carbocycles. The summed E-state index contributed by atoms with van der Waals surface area (Å²) in [4.78, 5) is 14.3. The van der Waals surface area contributed by atoms with Crippen molar-refractivity contribution in [3.8, 4) is 0 Å². The Kier molecular flexibility index (Phi) is 5.83. The number of quaternary nitrogens is 1. The van der Waals surface area contributed by atoms with Gasteiger partial charge in [-0.3, -0.25) is 4.79 Å². The first-order valence-corrected chi connectivity index (χ1v) is 8.84. The lowest BCUT2D eigenvalue weighted by Gasteiger charge is -2.24. The van der Waals surface area contributed by atoms with E-state index in [1.807, 2.05) is 24.0 Å². The Bertz CT molecular complexity index is 524. The molecule has 2 atom stereocenters. The number of nitrogens with zero attached hydrogens (tertiary/aromatic N) is 1. The predicted molar refractivity (Wildman–Crippen MR) is 89.9 cm³/mol. The van der Waals surface area contributed by atoms with E-state index in [1.54, 1.807) is 17.8 Å². The van der Waals surface area contributed by atoms with E-state index in [4.69, 9.17) is 23.2 Å². The molecule has 3 nitrogen and oxygen atoms in total. The number of carbonyl (C=O) groups excluding carboxylic acids is 1. The summed E-state index contributed by atoms with van der Waals surface area (Å²) in [5, 5.41) is 3.34. The van der Waals surface area contributed by atoms with Crippen molar-refractivity contribution < 1.29 is 10.1 Å². The Balaban J connectivity index is 2.15. The molecule has 0 bridgehead atoms. The second kappa shape index (κ2) is 7.23. The molecule has 0 spiro atoms. The summed E-state index contributed by atoms with van der Waals surface area (Å²) < 4.78 is 0. The molecule has 1 aliphatic rings. The van der Waals surface area contributed by atoms with E-state index < -0.39 is 0 Å². The van der Waals surface area contributed by atoms with Gasteiger partial charge in [0.1, 0.15) is 5.37 Å². The third-order valence-electron chi connectivity index (χ3n) is 3.48. The Morgan fingerprint density at radius 3 is 2.67 bits per heavy atom. The van der Waals surface area contributed by atoms with Gasteiger partial charge in [-0.05, 0) is 38.5 Å². The Morgan fingerprint density at radius 1 is 1.33 bits per heavy atom. The number of thioether (sulfide) groups is 1. The van der Waals surface area contributed by atoms with Gasteiger partial charge in [0.15, 0.2) is 0 Å². The molecule has 0 aromatic heterocycles.